The van der Waals surface area contributed by atoms with E-state index in [1.54, 1.807) is 6.26 Å². The molecule has 0 saturated heterocycles. The fourth-order valence-corrected chi connectivity index (χ4v) is 1.81. The zero-order valence-electron chi connectivity index (χ0n) is 9.24. The van der Waals surface area contributed by atoms with E-state index in [0.29, 0.717) is 12.4 Å². The minimum absolute atomic E-state index is 0.623. The van der Waals surface area contributed by atoms with Crippen molar-refractivity contribution >= 4 is 26.7 Å². The van der Waals surface area contributed by atoms with Crippen molar-refractivity contribution in [2.24, 2.45) is 0 Å². The molecule has 0 spiro atoms. The molecule has 0 aliphatic carbocycles. The van der Waals surface area contributed by atoms with Crippen LogP contribution >= 0.6 is 15.9 Å². The van der Waals surface area contributed by atoms with Crippen LogP contribution in [0.4, 0.5) is 0 Å². The zero-order valence-corrected chi connectivity index (χ0v) is 11.6. The van der Waals surface area contributed by atoms with Crippen LogP contribution in [0.2, 0.25) is 0 Å². The van der Waals surface area contributed by atoms with Crippen LogP contribution in [0.25, 0.3) is 0 Å². The van der Waals surface area contributed by atoms with Gasteiger partial charge in [0.15, 0.2) is 0 Å². The van der Waals surface area contributed by atoms with Crippen LogP contribution in [0.3, 0.4) is 0 Å². The third-order valence-corrected chi connectivity index (χ3v) is 3.24. The highest BCUT2D eigenvalue weighted by molar-refractivity contribution is 9.10. The van der Waals surface area contributed by atoms with Gasteiger partial charge in [-0.15, -0.1) is 0 Å². The fraction of sp³-hybridized carbons (Fsp3) is 0.455. The van der Waals surface area contributed by atoms with Crippen molar-refractivity contribution in [3.63, 3.8) is 0 Å². The topological polar surface area (TPSA) is 38.3 Å². The summed E-state index contributed by atoms with van der Waals surface area (Å²) in [7, 11) is -0.718. The second kappa shape index (κ2) is 7.81. The standard InChI is InChI=1S/C11H16BrNO2S/c1-16(14)9-7-13-6-8-15-11-4-2-10(12)3-5-11/h2-5,13H,6-9H2,1H3. The van der Waals surface area contributed by atoms with Crippen LogP contribution in [-0.2, 0) is 10.8 Å². The van der Waals surface area contributed by atoms with Gasteiger partial charge in [-0.25, -0.2) is 0 Å². The molecule has 1 aromatic rings. The first kappa shape index (κ1) is 13.7. The first-order chi connectivity index (χ1) is 7.68. The second-order valence-corrected chi connectivity index (χ2v) is 5.80. The Hall–Kier alpha value is -0.390. The number of halogens is 1. The van der Waals surface area contributed by atoms with E-state index >= 15 is 0 Å². The predicted molar refractivity (Wildman–Crippen MR) is 71.4 cm³/mol. The first-order valence-corrected chi connectivity index (χ1v) is 7.59. The third-order valence-electron chi connectivity index (χ3n) is 1.93. The Balaban J connectivity index is 2.07. The van der Waals surface area contributed by atoms with Gasteiger partial charge in [0.25, 0.3) is 0 Å². The molecule has 0 fully saturated rings. The first-order valence-electron chi connectivity index (χ1n) is 5.07. The molecule has 0 heterocycles. The van der Waals surface area contributed by atoms with Gasteiger partial charge in [0, 0.05) is 40.4 Å². The van der Waals surface area contributed by atoms with E-state index in [-0.39, 0.29) is 0 Å². The lowest BCUT2D eigenvalue weighted by Crippen LogP contribution is -2.25. The Kier molecular flexibility index (Phi) is 6.68. The molecule has 0 saturated carbocycles. The van der Waals surface area contributed by atoms with Crippen LogP contribution in [-0.4, -0.2) is 35.9 Å². The van der Waals surface area contributed by atoms with E-state index in [4.69, 9.17) is 4.74 Å². The molecule has 16 heavy (non-hydrogen) atoms. The van der Waals surface area contributed by atoms with Crippen molar-refractivity contribution in [3.05, 3.63) is 28.7 Å². The lowest BCUT2D eigenvalue weighted by molar-refractivity contribution is 0.315. The predicted octanol–water partition coefficient (Wildman–Crippen LogP) is 1.80. The van der Waals surface area contributed by atoms with Gasteiger partial charge in [-0.1, -0.05) is 15.9 Å². The Bertz CT molecular complexity index is 329. The van der Waals surface area contributed by atoms with Gasteiger partial charge in [0.1, 0.15) is 12.4 Å². The van der Waals surface area contributed by atoms with Crippen LogP contribution in [0.1, 0.15) is 0 Å². The molecule has 0 radical (unpaired) electrons. The molecule has 1 aromatic carbocycles. The summed E-state index contributed by atoms with van der Waals surface area (Å²) in [5, 5.41) is 3.17. The van der Waals surface area contributed by atoms with Gasteiger partial charge in [-0.05, 0) is 24.3 Å². The van der Waals surface area contributed by atoms with Crippen LogP contribution in [0.5, 0.6) is 5.75 Å². The quantitative estimate of drug-likeness (QED) is 0.781. The smallest absolute Gasteiger partial charge is 0.119 e. The van der Waals surface area contributed by atoms with Crippen molar-refractivity contribution in [2.75, 3.05) is 31.7 Å². The van der Waals surface area contributed by atoms with E-state index in [1.165, 1.54) is 0 Å². The Morgan fingerprint density at radius 1 is 1.31 bits per heavy atom. The monoisotopic (exact) mass is 305 g/mol. The molecule has 1 rings (SSSR count). The maximum Gasteiger partial charge on any atom is 0.119 e. The summed E-state index contributed by atoms with van der Waals surface area (Å²) in [4.78, 5) is 0. The summed E-state index contributed by atoms with van der Waals surface area (Å²) in [5.41, 5.74) is 0. The molecular weight excluding hydrogens is 290 g/mol. The molecule has 90 valence electrons. The molecule has 0 bridgehead atoms. The molecule has 0 aromatic heterocycles. The molecule has 1 atom stereocenters. The molecule has 0 amide bonds. The summed E-state index contributed by atoms with van der Waals surface area (Å²) in [6.45, 7) is 2.16. The van der Waals surface area contributed by atoms with Gasteiger partial charge in [-0.3, -0.25) is 4.21 Å². The Labute approximate surface area is 107 Å². The molecule has 5 heteroatoms. The van der Waals surface area contributed by atoms with Gasteiger partial charge in [0.2, 0.25) is 0 Å². The summed E-state index contributed by atoms with van der Waals surface area (Å²) >= 11 is 3.36. The molecule has 0 aliphatic heterocycles. The lowest BCUT2D eigenvalue weighted by atomic mass is 10.3. The average molecular weight is 306 g/mol. The van der Waals surface area contributed by atoms with Crippen molar-refractivity contribution in [1.82, 2.24) is 5.32 Å². The highest BCUT2D eigenvalue weighted by atomic mass is 79.9. The largest absolute Gasteiger partial charge is 0.492 e. The maximum absolute atomic E-state index is 10.8. The van der Waals surface area contributed by atoms with Crippen LogP contribution in [0.15, 0.2) is 28.7 Å². The van der Waals surface area contributed by atoms with Gasteiger partial charge in [0.05, 0.1) is 0 Å². The molecule has 0 aliphatic rings. The average Bonchev–Trinajstić information content (AvgIpc) is 2.25. The molecular formula is C11H16BrNO2S. The number of rotatable bonds is 7. The van der Waals surface area contributed by atoms with E-state index in [0.717, 1.165) is 23.3 Å². The van der Waals surface area contributed by atoms with E-state index in [1.807, 2.05) is 24.3 Å². The number of benzene rings is 1. The van der Waals surface area contributed by atoms with E-state index in [2.05, 4.69) is 21.2 Å². The number of ether oxygens (including phenoxy) is 1. The van der Waals surface area contributed by atoms with Gasteiger partial charge >= 0.3 is 0 Å². The SMILES string of the molecule is CS(=O)CCNCCOc1ccc(Br)cc1. The minimum atomic E-state index is -0.718. The highest BCUT2D eigenvalue weighted by Gasteiger charge is 1.94. The highest BCUT2D eigenvalue weighted by Crippen LogP contribution is 2.15. The van der Waals surface area contributed by atoms with Crippen molar-refractivity contribution in [1.29, 1.82) is 0 Å². The third kappa shape index (κ3) is 6.25. The zero-order chi connectivity index (χ0) is 11.8. The van der Waals surface area contributed by atoms with Crippen LogP contribution in [0, 0.1) is 0 Å². The van der Waals surface area contributed by atoms with E-state index in [9.17, 15) is 4.21 Å². The Morgan fingerprint density at radius 2 is 2.00 bits per heavy atom. The van der Waals surface area contributed by atoms with Gasteiger partial charge < -0.3 is 10.1 Å². The molecule has 1 unspecified atom stereocenters. The van der Waals surface area contributed by atoms with Crippen molar-refractivity contribution in [3.8, 4) is 5.75 Å². The summed E-state index contributed by atoms with van der Waals surface area (Å²) in [6.07, 6.45) is 1.71. The van der Waals surface area contributed by atoms with E-state index < -0.39 is 10.8 Å². The van der Waals surface area contributed by atoms with Crippen molar-refractivity contribution < 1.29 is 8.95 Å². The summed E-state index contributed by atoms with van der Waals surface area (Å²) < 4.78 is 17.3. The fourth-order valence-electron chi connectivity index (χ4n) is 1.11. The normalized spacial score (nSPS) is 12.4. The molecule has 3 nitrogen and oxygen atoms in total. The lowest BCUT2D eigenvalue weighted by Gasteiger charge is -2.07. The Morgan fingerprint density at radius 3 is 2.62 bits per heavy atom. The maximum atomic E-state index is 10.8. The van der Waals surface area contributed by atoms with Crippen LogP contribution < -0.4 is 10.1 Å². The second-order valence-electron chi connectivity index (χ2n) is 3.33. The van der Waals surface area contributed by atoms with Crippen molar-refractivity contribution in [2.45, 2.75) is 0 Å². The molecule has 1 N–H and O–H groups in total. The summed E-state index contributed by atoms with van der Waals surface area (Å²) in [5.74, 6) is 1.56. The number of nitrogens with one attached hydrogen (secondary N) is 1. The number of hydrogen-bond acceptors (Lipinski definition) is 3. The van der Waals surface area contributed by atoms with Gasteiger partial charge in [-0.2, -0.15) is 0 Å². The number of hydrogen-bond donors (Lipinski definition) is 1. The minimum Gasteiger partial charge on any atom is -0.492 e. The summed E-state index contributed by atoms with van der Waals surface area (Å²) in [6, 6.07) is 7.74.